The van der Waals surface area contributed by atoms with Crippen molar-refractivity contribution >= 4 is 51.7 Å². The van der Waals surface area contributed by atoms with Gasteiger partial charge in [-0.2, -0.15) is 0 Å². The van der Waals surface area contributed by atoms with Gasteiger partial charge in [0, 0.05) is 29.8 Å². The summed E-state index contributed by atoms with van der Waals surface area (Å²) in [6, 6.07) is 4.54. The lowest BCUT2D eigenvalue weighted by Crippen LogP contribution is -2.75. The zero-order valence-corrected chi connectivity index (χ0v) is 17.6. The molecule has 11 nitrogen and oxygen atoms in total. The second-order valence-corrected chi connectivity index (χ2v) is 9.25. The van der Waals surface area contributed by atoms with Crippen molar-refractivity contribution in [1.82, 2.24) is 15.2 Å². The van der Waals surface area contributed by atoms with Gasteiger partial charge in [-0.15, -0.1) is 23.1 Å². The molecule has 2 aliphatic rings. The maximum absolute atomic E-state index is 12.7. The third-order valence-electron chi connectivity index (χ3n) is 5.21. The molecule has 162 valence electrons. The van der Waals surface area contributed by atoms with Crippen LogP contribution in [0.2, 0.25) is 0 Å². The van der Waals surface area contributed by atoms with E-state index in [0.29, 0.717) is 0 Å². The molecule has 3 atom stereocenters. The van der Waals surface area contributed by atoms with Gasteiger partial charge in [0.15, 0.2) is 29.8 Å². The molecule has 2 amide bonds. The number of nitrogens with two attached hydrogens (primary N) is 1. The Morgan fingerprint density at radius 1 is 1.42 bits per heavy atom. The maximum Gasteiger partial charge on any atom is 0.276 e. The number of thioether (sulfide) groups is 1. The molecule has 0 radical (unpaired) electrons. The Balaban J connectivity index is 1.45. The molecule has 2 unspecified atom stereocenters. The molecule has 2 saturated heterocycles. The summed E-state index contributed by atoms with van der Waals surface area (Å²) in [5.74, 6) is -2.21. The summed E-state index contributed by atoms with van der Waals surface area (Å²) in [6.45, 7) is 0.132. The molecule has 2 aromatic rings. The summed E-state index contributed by atoms with van der Waals surface area (Å²) >= 11 is 2.34. The highest BCUT2D eigenvalue weighted by Crippen LogP contribution is 2.42. The number of nitrogens with zero attached hydrogens (tertiary/aromatic N) is 4. The number of hydrogen-bond acceptors (Lipinski definition) is 10. The van der Waals surface area contributed by atoms with Gasteiger partial charge in [-0.05, 0) is 0 Å². The molecule has 31 heavy (non-hydrogen) atoms. The highest BCUT2D eigenvalue weighted by atomic mass is 32.2. The van der Waals surface area contributed by atoms with Crippen LogP contribution >= 0.6 is 23.1 Å². The zero-order chi connectivity index (χ0) is 22.2. The molecule has 4 heterocycles. The van der Waals surface area contributed by atoms with Crippen LogP contribution in [0.4, 0.5) is 5.13 Å². The summed E-state index contributed by atoms with van der Waals surface area (Å²) in [7, 11) is 0. The van der Waals surface area contributed by atoms with Crippen molar-refractivity contribution in [3.05, 3.63) is 41.7 Å². The number of hydrogen-bond donors (Lipinski definition) is 3. The number of nitrogens with one attached hydrogen (secondary N) is 1. The summed E-state index contributed by atoms with van der Waals surface area (Å²) in [4.78, 5) is 42.5. The van der Waals surface area contributed by atoms with Crippen LogP contribution in [0.25, 0.3) is 0 Å². The molecule has 2 aliphatic heterocycles. The molecule has 4 N–H and O–H groups in total. The van der Waals surface area contributed by atoms with Crippen LogP contribution in [-0.2, 0) is 20.9 Å². The van der Waals surface area contributed by atoms with Crippen LogP contribution in [0.15, 0.2) is 41.1 Å². The summed E-state index contributed by atoms with van der Waals surface area (Å²) < 4.78 is 1.74. The number of fused-ring (bicyclic) bond motifs is 1. The van der Waals surface area contributed by atoms with Gasteiger partial charge in [0.25, 0.3) is 5.91 Å². The van der Waals surface area contributed by atoms with E-state index in [1.54, 1.807) is 29.1 Å². The topological polar surface area (TPSA) is 165 Å². The van der Waals surface area contributed by atoms with Crippen LogP contribution in [0.1, 0.15) is 5.69 Å². The number of amides is 2. The third kappa shape index (κ3) is 3.81. The van der Waals surface area contributed by atoms with Crippen molar-refractivity contribution in [3.63, 3.8) is 0 Å². The van der Waals surface area contributed by atoms with Crippen molar-refractivity contribution < 1.29 is 29.3 Å². The molecule has 0 aromatic carbocycles. The number of β-lactam (4-membered cyclic amide) rings is 1. The van der Waals surface area contributed by atoms with Crippen LogP contribution in [0.5, 0.6) is 0 Å². The van der Waals surface area contributed by atoms with E-state index < -0.39 is 34.6 Å². The molecule has 0 bridgehead atoms. The van der Waals surface area contributed by atoms with Crippen molar-refractivity contribution in [1.29, 1.82) is 0 Å². The van der Waals surface area contributed by atoms with E-state index in [1.165, 1.54) is 22.0 Å². The molecular weight excluding hydrogens is 444 g/mol. The average molecular weight is 463 g/mol. The van der Waals surface area contributed by atoms with E-state index in [2.05, 4.69) is 15.5 Å². The third-order valence-corrected chi connectivity index (χ3v) is 7.47. The van der Waals surface area contributed by atoms with Crippen LogP contribution in [0.3, 0.4) is 0 Å². The fourth-order valence-electron chi connectivity index (χ4n) is 3.62. The molecule has 4 rings (SSSR count). The number of rotatable bonds is 6. The lowest BCUT2D eigenvalue weighted by molar-refractivity contribution is -0.707. The Kier molecular flexibility index (Phi) is 5.54. The number of carbonyl (C=O) groups excluding carboxylic acids is 3. The van der Waals surface area contributed by atoms with Gasteiger partial charge in [-0.3, -0.25) is 9.59 Å². The van der Waals surface area contributed by atoms with E-state index in [-0.39, 0.29) is 35.4 Å². The first kappa shape index (κ1) is 21.1. The van der Waals surface area contributed by atoms with Crippen LogP contribution in [-0.4, -0.2) is 62.3 Å². The number of nitrogen functional groups attached to an aromatic ring is 1. The van der Waals surface area contributed by atoms with Crippen LogP contribution in [0, 0.1) is 5.41 Å². The fourth-order valence-corrected chi connectivity index (χ4v) is 5.69. The first-order valence-corrected chi connectivity index (χ1v) is 11.1. The Morgan fingerprint density at radius 3 is 2.77 bits per heavy atom. The minimum Gasteiger partial charge on any atom is -0.549 e. The van der Waals surface area contributed by atoms with E-state index in [1.807, 2.05) is 6.07 Å². The Hall–Kier alpha value is -3.19. The van der Waals surface area contributed by atoms with Gasteiger partial charge < -0.3 is 31.1 Å². The number of carboxylic acid groups (broad SMARTS) is 1. The maximum atomic E-state index is 12.7. The average Bonchev–Trinajstić information content (AvgIpc) is 3.19. The molecule has 2 fully saturated rings. The van der Waals surface area contributed by atoms with Gasteiger partial charge in [0.2, 0.25) is 5.91 Å². The lowest BCUT2D eigenvalue weighted by Gasteiger charge is -2.54. The number of anilines is 1. The lowest BCUT2D eigenvalue weighted by atomic mass is 9.86. The molecular formula is C18H18N6O5S2. The minimum absolute atomic E-state index is 0.0241. The van der Waals surface area contributed by atoms with Gasteiger partial charge in [0.05, 0.1) is 11.4 Å². The highest BCUT2D eigenvalue weighted by molar-refractivity contribution is 8.00. The predicted molar refractivity (Wildman–Crippen MR) is 109 cm³/mol. The second kappa shape index (κ2) is 8.15. The predicted octanol–water partition coefficient (Wildman–Crippen LogP) is -1.97. The highest BCUT2D eigenvalue weighted by Gasteiger charge is 2.57. The number of carbonyl (C=O) groups is 3. The van der Waals surface area contributed by atoms with Crippen molar-refractivity contribution in [2.24, 2.45) is 10.6 Å². The Morgan fingerprint density at radius 2 is 2.16 bits per heavy atom. The van der Waals surface area contributed by atoms with Crippen LogP contribution < -0.4 is 20.7 Å². The van der Waals surface area contributed by atoms with Gasteiger partial charge in [0.1, 0.15) is 17.1 Å². The second-order valence-electron chi connectivity index (χ2n) is 7.25. The first-order chi connectivity index (χ1) is 14.8. The standard InChI is InChI=1S/C18H18N6O5S2/c19-17-20-10(6-30-17)11(22-29)13(25)21-12-14(26)24-8-18(16(27)28,9-31-15(12)24)7-23-4-2-1-3-5-23/h1-6,12,15H,7-9H2,(H4-,19,20,21,25,27,28,29)/t12?,15-,18?/m1/s1. The number of oxime groups is 1. The normalized spacial score (nSPS) is 25.5. The number of thiazole rings is 1. The molecule has 0 spiro atoms. The molecule has 2 aromatic heterocycles. The molecule has 13 heteroatoms. The van der Waals surface area contributed by atoms with Crippen molar-refractivity contribution in [2.45, 2.75) is 18.0 Å². The SMILES string of the molecule is Nc1nc(C(=NO)C(=O)NC2C(=O)N3CC(C[n+]4ccccc4)(C(=O)[O-])CS[C@H]23)cs1. The fraction of sp³-hybridized carbons (Fsp3) is 0.333. The van der Waals surface area contributed by atoms with E-state index in [0.717, 1.165) is 11.3 Å². The monoisotopic (exact) mass is 462 g/mol. The Bertz CT molecular complexity index is 1060. The van der Waals surface area contributed by atoms with E-state index >= 15 is 0 Å². The molecule has 0 aliphatic carbocycles. The summed E-state index contributed by atoms with van der Waals surface area (Å²) in [5.41, 5.74) is 4.03. The number of carboxylic acids is 1. The van der Waals surface area contributed by atoms with E-state index in [9.17, 15) is 24.7 Å². The van der Waals surface area contributed by atoms with Gasteiger partial charge >= 0.3 is 0 Å². The summed E-state index contributed by atoms with van der Waals surface area (Å²) in [5, 5.41) is 28.0. The van der Waals surface area contributed by atoms with Crippen molar-refractivity contribution in [3.8, 4) is 0 Å². The largest absolute Gasteiger partial charge is 0.549 e. The zero-order valence-electron chi connectivity index (χ0n) is 16.0. The van der Waals surface area contributed by atoms with Crippen molar-refractivity contribution in [2.75, 3.05) is 18.0 Å². The Labute approximate surface area is 184 Å². The quantitative estimate of drug-likeness (QED) is 0.146. The first-order valence-electron chi connectivity index (χ1n) is 9.16. The minimum atomic E-state index is -1.26. The number of pyridine rings is 1. The summed E-state index contributed by atoms with van der Waals surface area (Å²) in [6.07, 6.45) is 3.51. The molecule has 0 saturated carbocycles. The smallest absolute Gasteiger partial charge is 0.276 e. The van der Waals surface area contributed by atoms with E-state index in [4.69, 9.17) is 5.73 Å². The number of aliphatic carboxylic acids is 1. The van der Waals surface area contributed by atoms with Gasteiger partial charge in [-0.25, -0.2) is 9.55 Å². The van der Waals surface area contributed by atoms with Gasteiger partial charge in [-0.1, -0.05) is 11.2 Å². The number of aromatic nitrogens is 2.